The maximum Gasteiger partial charge on any atom is 0.120 e. The summed E-state index contributed by atoms with van der Waals surface area (Å²) in [5.74, 6) is 0.900. The van der Waals surface area contributed by atoms with Crippen molar-refractivity contribution < 1.29 is 9.47 Å². The lowest BCUT2D eigenvalue weighted by Gasteiger charge is -2.29. The van der Waals surface area contributed by atoms with E-state index in [9.17, 15) is 0 Å². The van der Waals surface area contributed by atoms with E-state index >= 15 is 0 Å². The standard InChI is InChI=1S/C16H18BrNO2/c1-18-6-7-19-16(10-18)11-20-15-5-3-12-8-14(17)4-2-13(12)9-15/h2-5,8-9,16H,6-7,10-11H2,1H3. The first-order valence-electron chi connectivity index (χ1n) is 6.83. The number of rotatable bonds is 3. The minimum Gasteiger partial charge on any atom is -0.491 e. The Morgan fingerprint density at radius 2 is 2.05 bits per heavy atom. The first-order valence-corrected chi connectivity index (χ1v) is 7.62. The van der Waals surface area contributed by atoms with Crippen LogP contribution in [0.4, 0.5) is 0 Å². The van der Waals surface area contributed by atoms with E-state index in [1.165, 1.54) is 10.8 Å². The number of halogens is 1. The van der Waals surface area contributed by atoms with Crippen molar-refractivity contribution in [1.29, 1.82) is 0 Å². The quantitative estimate of drug-likeness (QED) is 0.858. The molecule has 0 amide bonds. The molecule has 1 atom stereocenters. The van der Waals surface area contributed by atoms with Crippen LogP contribution in [0.15, 0.2) is 40.9 Å². The van der Waals surface area contributed by atoms with Gasteiger partial charge in [0.05, 0.1) is 6.61 Å². The molecule has 2 aromatic rings. The number of hydrogen-bond donors (Lipinski definition) is 0. The summed E-state index contributed by atoms with van der Waals surface area (Å²) in [7, 11) is 2.11. The van der Waals surface area contributed by atoms with E-state index in [1.54, 1.807) is 0 Å². The maximum atomic E-state index is 5.87. The zero-order valence-electron chi connectivity index (χ0n) is 11.5. The van der Waals surface area contributed by atoms with Crippen molar-refractivity contribution in [2.75, 3.05) is 33.4 Å². The van der Waals surface area contributed by atoms with Crippen molar-refractivity contribution in [1.82, 2.24) is 4.90 Å². The normalized spacial score (nSPS) is 20.2. The van der Waals surface area contributed by atoms with Gasteiger partial charge in [-0.05, 0) is 42.1 Å². The maximum absolute atomic E-state index is 5.87. The van der Waals surface area contributed by atoms with Gasteiger partial charge in [0.25, 0.3) is 0 Å². The number of benzene rings is 2. The van der Waals surface area contributed by atoms with Gasteiger partial charge in [-0.1, -0.05) is 28.1 Å². The van der Waals surface area contributed by atoms with Crippen molar-refractivity contribution in [2.45, 2.75) is 6.10 Å². The molecule has 1 saturated heterocycles. The fraction of sp³-hybridized carbons (Fsp3) is 0.375. The smallest absolute Gasteiger partial charge is 0.120 e. The van der Waals surface area contributed by atoms with Gasteiger partial charge < -0.3 is 14.4 Å². The van der Waals surface area contributed by atoms with Gasteiger partial charge in [0.2, 0.25) is 0 Å². The predicted octanol–water partition coefficient (Wildman–Crippen LogP) is 3.31. The fourth-order valence-corrected chi connectivity index (χ4v) is 2.82. The number of fused-ring (bicyclic) bond motifs is 1. The van der Waals surface area contributed by atoms with E-state index in [0.717, 1.165) is 29.9 Å². The third kappa shape index (κ3) is 3.32. The molecule has 0 N–H and O–H groups in total. The lowest BCUT2D eigenvalue weighted by atomic mass is 10.1. The molecule has 0 saturated carbocycles. The Labute approximate surface area is 127 Å². The van der Waals surface area contributed by atoms with E-state index in [4.69, 9.17) is 9.47 Å². The summed E-state index contributed by atoms with van der Waals surface area (Å²) < 4.78 is 12.7. The highest BCUT2D eigenvalue weighted by Gasteiger charge is 2.18. The molecule has 3 rings (SSSR count). The summed E-state index contributed by atoms with van der Waals surface area (Å²) in [5.41, 5.74) is 0. The molecule has 1 heterocycles. The molecule has 2 aromatic carbocycles. The zero-order valence-corrected chi connectivity index (χ0v) is 13.1. The summed E-state index contributed by atoms with van der Waals surface area (Å²) in [6.07, 6.45) is 0.161. The Morgan fingerprint density at radius 1 is 1.25 bits per heavy atom. The molecule has 4 heteroatoms. The van der Waals surface area contributed by atoms with Crippen LogP contribution < -0.4 is 4.74 Å². The van der Waals surface area contributed by atoms with E-state index in [0.29, 0.717) is 6.61 Å². The lowest BCUT2D eigenvalue weighted by Crippen LogP contribution is -2.42. The molecule has 1 unspecified atom stereocenters. The molecule has 0 bridgehead atoms. The number of morpholine rings is 1. The largest absolute Gasteiger partial charge is 0.491 e. The van der Waals surface area contributed by atoms with Crippen molar-refractivity contribution >= 4 is 26.7 Å². The van der Waals surface area contributed by atoms with Crippen molar-refractivity contribution in [3.8, 4) is 5.75 Å². The molecule has 0 aliphatic carbocycles. The van der Waals surface area contributed by atoms with Crippen molar-refractivity contribution in [2.24, 2.45) is 0 Å². The van der Waals surface area contributed by atoms with Gasteiger partial charge in [0.1, 0.15) is 18.5 Å². The molecule has 1 fully saturated rings. The monoisotopic (exact) mass is 335 g/mol. The number of nitrogens with zero attached hydrogens (tertiary/aromatic N) is 1. The highest BCUT2D eigenvalue weighted by molar-refractivity contribution is 9.10. The minimum absolute atomic E-state index is 0.161. The second kappa shape index (κ2) is 6.12. The van der Waals surface area contributed by atoms with Crippen LogP contribution in [0, 0.1) is 0 Å². The Kier molecular flexibility index (Phi) is 4.24. The topological polar surface area (TPSA) is 21.7 Å². The highest BCUT2D eigenvalue weighted by atomic mass is 79.9. The van der Waals surface area contributed by atoms with Crippen LogP contribution in [0.2, 0.25) is 0 Å². The van der Waals surface area contributed by atoms with Crippen LogP contribution in [-0.2, 0) is 4.74 Å². The molecule has 3 nitrogen and oxygen atoms in total. The molecule has 1 aliphatic rings. The molecule has 20 heavy (non-hydrogen) atoms. The number of ether oxygens (including phenoxy) is 2. The summed E-state index contributed by atoms with van der Waals surface area (Å²) in [4.78, 5) is 2.27. The highest BCUT2D eigenvalue weighted by Crippen LogP contribution is 2.24. The van der Waals surface area contributed by atoms with Crippen LogP contribution in [0.1, 0.15) is 0 Å². The van der Waals surface area contributed by atoms with E-state index in [2.05, 4.69) is 52.1 Å². The predicted molar refractivity (Wildman–Crippen MR) is 84.4 cm³/mol. The molecule has 0 spiro atoms. The van der Waals surface area contributed by atoms with E-state index in [-0.39, 0.29) is 6.10 Å². The van der Waals surface area contributed by atoms with Crippen LogP contribution in [0.25, 0.3) is 10.8 Å². The summed E-state index contributed by atoms with van der Waals surface area (Å²) in [6.45, 7) is 3.32. The average molecular weight is 336 g/mol. The second-order valence-electron chi connectivity index (χ2n) is 5.22. The van der Waals surface area contributed by atoms with Gasteiger partial charge in [0.15, 0.2) is 0 Å². The second-order valence-corrected chi connectivity index (χ2v) is 6.14. The van der Waals surface area contributed by atoms with Gasteiger partial charge in [-0.3, -0.25) is 0 Å². The van der Waals surface area contributed by atoms with E-state index < -0.39 is 0 Å². The lowest BCUT2D eigenvalue weighted by molar-refractivity contribution is -0.0403. The van der Waals surface area contributed by atoms with Crippen molar-refractivity contribution in [3.63, 3.8) is 0 Å². The Balaban J connectivity index is 1.67. The summed E-state index contributed by atoms with van der Waals surface area (Å²) in [6, 6.07) is 12.4. The van der Waals surface area contributed by atoms with Gasteiger partial charge in [0, 0.05) is 17.6 Å². The van der Waals surface area contributed by atoms with Crippen molar-refractivity contribution in [3.05, 3.63) is 40.9 Å². The van der Waals surface area contributed by atoms with Crippen LogP contribution in [0.5, 0.6) is 5.75 Å². The zero-order chi connectivity index (χ0) is 13.9. The molecule has 0 radical (unpaired) electrons. The van der Waals surface area contributed by atoms with Gasteiger partial charge in [-0.25, -0.2) is 0 Å². The molecule has 1 aliphatic heterocycles. The summed E-state index contributed by atoms with van der Waals surface area (Å²) in [5, 5.41) is 2.40. The van der Waals surface area contributed by atoms with Crippen LogP contribution >= 0.6 is 15.9 Å². The Hall–Kier alpha value is -1.10. The Bertz CT molecular complexity index is 602. The first kappa shape index (κ1) is 13.9. The van der Waals surface area contributed by atoms with E-state index in [1.807, 2.05) is 12.1 Å². The summed E-state index contributed by atoms with van der Waals surface area (Å²) >= 11 is 3.49. The van der Waals surface area contributed by atoms with Crippen LogP contribution in [0.3, 0.4) is 0 Å². The van der Waals surface area contributed by atoms with Gasteiger partial charge in [-0.2, -0.15) is 0 Å². The first-order chi connectivity index (χ1) is 9.70. The van der Waals surface area contributed by atoms with Gasteiger partial charge >= 0.3 is 0 Å². The average Bonchev–Trinajstić information content (AvgIpc) is 2.45. The molecular formula is C16H18BrNO2. The Morgan fingerprint density at radius 3 is 2.90 bits per heavy atom. The third-order valence-corrected chi connectivity index (χ3v) is 4.04. The number of hydrogen-bond acceptors (Lipinski definition) is 3. The fourth-order valence-electron chi connectivity index (χ4n) is 2.44. The number of likely N-dealkylation sites (N-methyl/N-ethyl adjacent to an activating group) is 1. The SMILES string of the molecule is CN1CCOC(COc2ccc3cc(Br)ccc3c2)C1. The van der Waals surface area contributed by atoms with Gasteiger partial charge in [-0.15, -0.1) is 0 Å². The molecular weight excluding hydrogens is 318 g/mol. The van der Waals surface area contributed by atoms with Crippen LogP contribution in [-0.4, -0.2) is 44.4 Å². The minimum atomic E-state index is 0.161. The molecule has 0 aromatic heterocycles. The third-order valence-electron chi connectivity index (χ3n) is 3.55. The molecule has 106 valence electrons.